The van der Waals surface area contributed by atoms with Gasteiger partial charge in [-0.15, -0.1) is 0 Å². The zero-order valence-corrected chi connectivity index (χ0v) is 10.9. The molecule has 3 heteroatoms. The standard InChI is InChI=1S/C13H24O3/c1-6-8-9-13(5,7-2)12(15)16-11(14)10(3)4/h12,15H,3,6-9H2,1-2,4-5H3. The fourth-order valence-corrected chi connectivity index (χ4v) is 1.40. The first-order valence-electron chi connectivity index (χ1n) is 5.92. The third-order valence-electron chi connectivity index (χ3n) is 3.07. The first kappa shape index (κ1) is 15.2. The van der Waals surface area contributed by atoms with Crippen molar-refractivity contribution in [2.45, 2.75) is 59.7 Å². The van der Waals surface area contributed by atoms with Crippen molar-refractivity contribution in [3.63, 3.8) is 0 Å². The van der Waals surface area contributed by atoms with Gasteiger partial charge in [0.15, 0.2) is 0 Å². The summed E-state index contributed by atoms with van der Waals surface area (Å²) in [7, 11) is 0. The average Bonchev–Trinajstić information content (AvgIpc) is 2.25. The summed E-state index contributed by atoms with van der Waals surface area (Å²) >= 11 is 0. The average molecular weight is 228 g/mol. The molecule has 0 aromatic rings. The Morgan fingerprint density at radius 3 is 2.44 bits per heavy atom. The summed E-state index contributed by atoms with van der Waals surface area (Å²) in [5, 5.41) is 9.93. The Balaban J connectivity index is 4.45. The van der Waals surface area contributed by atoms with Crippen LogP contribution >= 0.6 is 0 Å². The summed E-state index contributed by atoms with van der Waals surface area (Å²) in [4.78, 5) is 11.3. The van der Waals surface area contributed by atoms with Crippen molar-refractivity contribution in [1.82, 2.24) is 0 Å². The second-order valence-corrected chi connectivity index (χ2v) is 4.65. The molecule has 0 bridgehead atoms. The van der Waals surface area contributed by atoms with E-state index in [1.807, 2.05) is 13.8 Å². The molecule has 0 radical (unpaired) electrons. The predicted octanol–water partition coefficient (Wildman–Crippen LogP) is 3.03. The molecule has 0 rings (SSSR count). The van der Waals surface area contributed by atoms with E-state index in [1.54, 1.807) is 6.92 Å². The van der Waals surface area contributed by atoms with E-state index < -0.39 is 12.3 Å². The molecule has 0 saturated heterocycles. The molecule has 0 fully saturated rings. The summed E-state index contributed by atoms with van der Waals surface area (Å²) in [5.74, 6) is -0.524. The third-order valence-corrected chi connectivity index (χ3v) is 3.07. The first-order valence-corrected chi connectivity index (χ1v) is 5.92. The van der Waals surface area contributed by atoms with Crippen molar-refractivity contribution < 1.29 is 14.6 Å². The van der Waals surface area contributed by atoms with Crippen molar-refractivity contribution >= 4 is 5.97 Å². The molecule has 2 atom stereocenters. The molecule has 0 aliphatic rings. The maximum Gasteiger partial charge on any atom is 0.335 e. The number of aliphatic hydroxyl groups excluding tert-OH is 1. The van der Waals surface area contributed by atoms with E-state index in [0.29, 0.717) is 5.57 Å². The van der Waals surface area contributed by atoms with E-state index in [9.17, 15) is 9.90 Å². The molecule has 0 heterocycles. The second-order valence-electron chi connectivity index (χ2n) is 4.65. The highest BCUT2D eigenvalue weighted by atomic mass is 16.6. The molecule has 2 unspecified atom stereocenters. The number of hydrogen-bond donors (Lipinski definition) is 1. The Labute approximate surface area is 98.5 Å². The van der Waals surface area contributed by atoms with E-state index >= 15 is 0 Å². The summed E-state index contributed by atoms with van der Waals surface area (Å²) in [6.45, 7) is 11.1. The van der Waals surface area contributed by atoms with E-state index in [0.717, 1.165) is 25.7 Å². The van der Waals surface area contributed by atoms with Crippen LogP contribution in [0.15, 0.2) is 12.2 Å². The van der Waals surface area contributed by atoms with Crippen molar-refractivity contribution in [1.29, 1.82) is 0 Å². The summed E-state index contributed by atoms with van der Waals surface area (Å²) in [6.07, 6.45) is 2.67. The van der Waals surface area contributed by atoms with Crippen LogP contribution in [-0.4, -0.2) is 17.4 Å². The monoisotopic (exact) mass is 228 g/mol. The number of carbonyl (C=O) groups excluding carboxylic acids is 1. The van der Waals surface area contributed by atoms with Crippen molar-refractivity contribution in [3.8, 4) is 0 Å². The Morgan fingerprint density at radius 2 is 2.06 bits per heavy atom. The van der Waals surface area contributed by atoms with Gasteiger partial charge in [0.2, 0.25) is 6.29 Å². The van der Waals surface area contributed by atoms with E-state index in [-0.39, 0.29) is 5.41 Å². The van der Waals surface area contributed by atoms with Gasteiger partial charge in [-0.2, -0.15) is 0 Å². The third kappa shape index (κ3) is 4.35. The number of hydrogen-bond acceptors (Lipinski definition) is 3. The normalized spacial score (nSPS) is 16.3. The quantitative estimate of drug-likeness (QED) is 0.414. The van der Waals surface area contributed by atoms with Gasteiger partial charge in [-0.05, 0) is 19.8 Å². The molecule has 0 spiro atoms. The van der Waals surface area contributed by atoms with Crippen molar-refractivity contribution in [2.75, 3.05) is 0 Å². The van der Waals surface area contributed by atoms with Crippen LogP contribution in [0.4, 0.5) is 0 Å². The molecular formula is C13H24O3. The minimum atomic E-state index is -1.05. The van der Waals surface area contributed by atoms with Crippen LogP contribution in [0.25, 0.3) is 0 Å². The minimum absolute atomic E-state index is 0.313. The number of unbranched alkanes of at least 4 members (excludes halogenated alkanes) is 1. The molecule has 0 aliphatic carbocycles. The molecular weight excluding hydrogens is 204 g/mol. The predicted molar refractivity (Wildman–Crippen MR) is 64.8 cm³/mol. The van der Waals surface area contributed by atoms with Crippen LogP contribution < -0.4 is 0 Å². The Hall–Kier alpha value is -0.830. The van der Waals surface area contributed by atoms with Crippen molar-refractivity contribution in [3.05, 3.63) is 12.2 Å². The molecule has 3 nitrogen and oxygen atoms in total. The maximum absolute atomic E-state index is 11.3. The lowest BCUT2D eigenvalue weighted by Gasteiger charge is -2.32. The van der Waals surface area contributed by atoms with Crippen LogP contribution in [0.5, 0.6) is 0 Å². The minimum Gasteiger partial charge on any atom is -0.432 e. The number of aliphatic hydroxyl groups is 1. The highest BCUT2D eigenvalue weighted by Gasteiger charge is 2.33. The van der Waals surface area contributed by atoms with Crippen LogP contribution in [0.1, 0.15) is 53.4 Å². The second kappa shape index (κ2) is 6.69. The first-order chi connectivity index (χ1) is 7.37. The smallest absolute Gasteiger partial charge is 0.335 e. The lowest BCUT2D eigenvalue weighted by Crippen LogP contribution is -2.36. The summed E-state index contributed by atoms with van der Waals surface area (Å²) in [6, 6.07) is 0. The fourth-order valence-electron chi connectivity index (χ4n) is 1.40. The maximum atomic E-state index is 11.3. The molecule has 0 aromatic carbocycles. The number of ether oxygens (including phenoxy) is 1. The van der Waals surface area contributed by atoms with Gasteiger partial charge in [-0.25, -0.2) is 4.79 Å². The molecule has 1 N–H and O–H groups in total. The van der Waals surface area contributed by atoms with Crippen molar-refractivity contribution in [2.24, 2.45) is 5.41 Å². The number of rotatable bonds is 7. The van der Waals surface area contributed by atoms with Crippen LogP contribution in [0, 0.1) is 5.41 Å². The number of esters is 1. The Morgan fingerprint density at radius 1 is 1.50 bits per heavy atom. The highest BCUT2D eigenvalue weighted by molar-refractivity contribution is 5.87. The number of carbonyl (C=O) groups is 1. The lowest BCUT2D eigenvalue weighted by molar-refractivity contribution is -0.188. The molecule has 0 aliphatic heterocycles. The zero-order chi connectivity index (χ0) is 12.8. The largest absolute Gasteiger partial charge is 0.432 e. The van der Waals surface area contributed by atoms with E-state index in [4.69, 9.17) is 4.74 Å². The van der Waals surface area contributed by atoms with Gasteiger partial charge in [0.25, 0.3) is 0 Å². The highest BCUT2D eigenvalue weighted by Crippen LogP contribution is 2.33. The summed E-state index contributed by atoms with van der Waals surface area (Å²) < 4.78 is 4.98. The molecule has 0 amide bonds. The molecule has 0 saturated carbocycles. The van der Waals surface area contributed by atoms with Crippen LogP contribution in [-0.2, 0) is 9.53 Å². The van der Waals surface area contributed by atoms with E-state index in [2.05, 4.69) is 13.5 Å². The van der Waals surface area contributed by atoms with Gasteiger partial charge in [0.1, 0.15) is 0 Å². The van der Waals surface area contributed by atoms with Gasteiger partial charge in [0, 0.05) is 11.0 Å². The van der Waals surface area contributed by atoms with Gasteiger partial charge in [0.05, 0.1) is 0 Å². The molecule has 16 heavy (non-hydrogen) atoms. The van der Waals surface area contributed by atoms with Crippen LogP contribution in [0.3, 0.4) is 0 Å². The van der Waals surface area contributed by atoms with Gasteiger partial charge in [-0.3, -0.25) is 0 Å². The van der Waals surface area contributed by atoms with E-state index in [1.165, 1.54) is 0 Å². The summed E-state index contributed by atoms with van der Waals surface area (Å²) in [5.41, 5.74) is -0.0470. The Kier molecular flexibility index (Phi) is 6.34. The lowest BCUT2D eigenvalue weighted by atomic mass is 9.81. The van der Waals surface area contributed by atoms with Gasteiger partial charge >= 0.3 is 5.97 Å². The fraction of sp³-hybridized carbons (Fsp3) is 0.769. The SMILES string of the molecule is C=C(C)C(=O)OC(O)C(C)(CC)CCCC. The van der Waals surface area contributed by atoms with Gasteiger partial charge in [-0.1, -0.05) is 40.2 Å². The zero-order valence-electron chi connectivity index (χ0n) is 10.9. The Bertz CT molecular complexity index is 248. The van der Waals surface area contributed by atoms with Gasteiger partial charge < -0.3 is 9.84 Å². The molecule has 0 aromatic heterocycles. The van der Waals surface area contributed by atoms with Crippen LogP contribution in [0.2, 0.25) is 0 Å². The molecule has 94 valence electrons. The topological polar surface area (TPSA) is 46.5 Å².